The van der Waals surface area contributed by atoms with Crippen LogP contribution in [-0.2, 0) is 16.1 Å². The van der Waals surface area contributed by atoms with Crippen LogP contribution in [0, 0.1) is 11.8 Å². The summed E-state index contributed by atoms with van der Waals surface area (Å²) in [6.45, 7) is 5.61. The number of hydrogen-bond donors (Lipinski definition) is 0. The average molecular weight is 554 g/mol. The molecule has 1 heterocycles. The third kappa shape index (κ3) is 8.62. The third-order valence-electron chi connectivity index (χ3n) is 6.78. The molecule has 214 valence electrons. The number of ether oxygens (including phenoxy) is 3. The molecule has 3 aromatic rings. The monoisotopic (exact) mass is 553 g/mol. The van der Waals surface area contributed by atoms with E-state index < -0.39 is 11.8 Å². The molecule has 0 bridgehead atoms. The van der Waals surface area contributed by atoms with Crippen molar-refractivity contribution in [3.8, 4) is 23.3 Å². The predicted molar refractivity (Wildman–Crippen MR) is 161 cm³/mol. The van der Waals surface area contributed by atoms with Crippen molar-refractivity contribution in [2.24, 2.45) is 0 Å². The molecule has 1 aliphatic rings. The molecule has 1 amide bonds. The highest BCUT2D eigenvalue weighted by molar-refractivity contribution is 6.05. The summed E-state index contributed by atoms with van der Waals surface area (Å²) in [6, 6.07) is 22.2. The Morgan fingerprint density at radius 3 is 2.37 bits per heavy atom. The number of amides is 1. The number of carbonyl (C=O) groups excluding carboxylic acids is 2. The van der Waals surface area contributed by atoms with Gasteiger partial charge in [0.2, 0.25) is 5.79 Å². The minimum Gasteiger partial charge on any atom is -0.484 e. The number of benzene rings is 3. The van der Waals surface area contributed by atoms with Gasteiger partial charge >= 0.3 is 5.97 Å². The van der Waals surface area contributed by atoms with E-state index in [1.807, 2.05) is 42.5 Å². The van der Waals surface area contributed by atoms with Crippen molar-refractivity contribution in [1.29, 1.82) is 0 Å². The zero-order valence-corrected chi connectivity index (χ0v) is 24.3. The summed E-state index contributed by atoms with van der Waals surface area (Å²) in [7, 11) is 0. The van der Waals surface area contributed by atoms with E-state index in [-0.39, 0.29) is 24.6 Å². The van der Waals surface area contributed by atoms with Gasteiger partial charge in [0, 0.05) is 25.8 Å². The lowest BCUT2D eigenvalue weighted by Crippen LogP contribution is -2.41. The fourth-order valence-electron chi connectivity index (χ4n) is 4.68. The van der Waals surface area contributed by atoms with Gasteiger partial charge in [-0.05, 0) is 48.4 Å². The number of cyclic esters (lactones) is 1. The Bertz CT molecular complexity index is 1370. The van der Waals surface area contributed by atoms with Crippen molar-refractivity contribution in [3.63, 3.8) is 0 Å². The zero-order chi connectivity index (χ0) is 29.1. The van der Waals surface area contributed by atoms with Crippen LogP contribution in [0.15, 0.2) is 72.8 Å². The number of esters is 1. The quantitative estimate of drug-likeness (QED) is 0.131. The van der Waals surface area contributed by atoms with Crippen molar-refractivity contribution >= 4 is 17.6 Å². The molecule has 0 aliphatic carbocycles. The molecule has 6 nitrogen and oxygen atoms in total. The van der Waals surface area contributed by atoms with Gasteiger partial charge in [-0.3, -0.25) is 4.79 Å². The molecule has 3 aromatic carbocycles. The maximum absolute atomic E-state index is 13.6. The van der Waals surface area contributed by atoms with Crippen LogP contribution < -0.4 is 14.4 Å². The van der Waals surface area contributed by atoms with Crippen LogP contribution in [0.2, 0.25) is 0 Å². The topological polar surface area (TPSA) is 65.1 Å². The molecular formula is C35H39NO5. The summed E-state index contributed by atoms with van der Waals surface area (Å²) >= 11 is 0. The second-order valence-corrected chi connectivity index (χ2v) is 10.6. The van der Waals surface area contributed by atoms with Gasteiger partial charge < -0.3 is 19.1 Å². The van der Waals surface area contributed by atoms with Crippen LogP contribution in [0.25, 0.3) is 0 Å². The van der Waals surface area contributed by atoms with Gasteiger partial charge in [-0.15, -0.1) is 0 Å². The van der Waals surface area contributed by atoms with E-state index in [1.54, 1.807) is 49.1 Å². The zero-order valence-electron chi connectivity index (χ0n) is 24.3. The lowest BCUT2D eigenvalue weighted by atomic mass is 10.1. The molecule has 0 fully saturated rings. The van der Waals surface area contributed by atoms with Crippen molar-refractivity contribution in [2.45, 2.75) is 78.0 Å². The summed E-state index contributed by atoms with van der Waals surface area (Å²) in [5.74, 6) is 5.55. The lowest BCUT2D eigenvalue weighted by Gasteiger charge is -2.34. The fraction of sp³-hybridized carbons (Fsp3) is 0.371. The van der Waals surface area contributed by atoms with Crippen LogP contribution >= 0.6 is 0 Å². The van der Waals surface area contributed by atoms with E-state index in [2.05, 4.69) is 18.8 Å². The molecule has 1 aliphatic heterocycles. The maximum atomic E-state index is 13.6. The first-order valence-electron chi connectivity index (χ1n) is 14.5. The smallest absolute Gasteiger partial charge is 0.347 e. The van der Waals surface area contributed by atoms with E-state index in [0.29, 0.717) is 17.2 Å². The number of nitrogens with zero attached hydrogens (tertiary/aromatic N) is 1. The van der Waals surface area contributed by atoms with Crippen molar-refractivity contribution in [2.75, 3.05) is 11.5 Å². The Balaban J connectivity index is 1.50. The van der Waals surface area contributed by atoms with E-state index in [1.165, 1.54) is 32.1 Å². The summed E-state index contributed by atoms with van der Waals surface area (Å²) in [4.78, 5) is 28.2. The summed E-state index contributed by atoms with van der Waals surface area (Å²) < 4.78 is 17.2. The highest BCUT2D eigenvalue weighted by Crippen LogP contribution is 2.38. The SMILES string of the molecule is CCCCCCCCC#Cc1ccc(CN(C(=O)COc2ccccc2)c2cccc3c2C(=O)OC(C)(C)O3)cc1. The molecule has 0 saturated heterocycles. The van der Waals surface area contributed by atoms with Crippen molar-refractivity contribution in [1.82, 2.24) is 0 Å². The number of hydrogen-bond acceptors (Lipinski definition) is 5. The van der Waals surface area contributed by atoms with Gasteiger partial charge in [0.25, 0.3) is 5.91 Å². The highest BCUT2D eigenvalue weighted by atomic mass is 16.7. The van der Waals surface area contributed by atoms with E-state index >= 15 is 0 Å². The molecule has 41 heavy (non-hydrogen) atoms. The van der Waals surface area contributed by atoms with Crippen molar-refractivity contribution in [3.05, 3.63) is 89.5 Å². The molecular weight excluding hydrogens is 514 g/mol. The van der Waals surface area contributed by atoms with E-state index in [4.69, 9.17) is 14.2 Å². The number of fused-ring (bicyclic) bond motifs is 1. The Morgan fingerprint density at radius 2 is 1.61 bits per heavy atom. The minimum absolute atomic E-state index is 0.197. The number of unbranched alkanes of at least 4 members (excludes halogenated alkanes) is 6. The molecule has 0 unspecified atom stereocenters. The van der Waals surface area contributed by atoms with Crippen LogP contribution in [0.5, 0.6) is 11.5 Å². The molecule has 0 aromatic heterocycles. The van der Waals surface area contributed by atoms with Crippen LogP contribution in [-0.4, -0.2) is 24.3 Å². The largest absolute Gasteiger partial charge is 0.484 e. The van der Waals surface area contributed by atoms with Gasteiger partial charge in [0.15, 0.2) is 6.61 Å². The van der Waals surface area contributed by atoms with E-state index in [0.717, 1.165) is 24.0 Å². The second-order valence-electron chi connectivity index (χ2n) is 10.6. The van der Waals surface area contributed by atoms with Crippen LogP contribution in [0.1, 0.15) is 87.2 Å². The Hall–Kier alpha value is -4.24. The van der Waals surface area contributed by atoms with Gasteiger partial charge in [-0.2, -0.15) is 0 Å². The predicted octanol–water partition coefficient (Wildman–Crippen LogP) is 7.69. The molecule has 0 spiro atoms. The van der Waals surface area contributed by atoms with Gasteiger partial charge in [-0.25, -0.2) is 4.79 Å². The molecule has 0 atom stereocenters. The molecule has 0 saturated carbocycles. The molecule has 0 radical (unpaired) electrons. The first-order chi connectivity index (χ1) is 19.9. The third-order valence-corrected chi connectivity index (χ3v) is 6.78. The number of rotatable bonds is 12. The Morgan fingerprint density at radius 1 is 0.878 bits per heavy atom. The first-order valence-corrected chi connectivity index (χ1v) is 14.5. The maximum Gasteiger partial charge on any atom is 0.347 e. The second kappa shape index (κ2) is 14.4. The lowest BCUT2D eigenvalue weighted by molar-refractivity contribution is -0.127. The summed E-state index contributed by atoms with van der Waals surface area (Å²) in [6.07, 6.45) is 8.40. The Kier molecular flexibility index (Phi) is 10.5. The fourth-order valence-corrected chi connectivity index (χ4v) is 4.68. The standard InChI is InChI=1S/C35H39NO5/c1-4-5-6-7-8-9-10-12-16-27-21-23-28(24-22-27)25-36(32(37)26-39-29-17-13-11-14-18-29)30-19-15-20-31-33(30)34(38)41-35(2,3)40-31/h11,13-15,17-24H,4-10,25-26H2,1-3H3. The van der Waals surface area contributed by atoms with Crippen LogP contribution in [0.4, 0.5) is 5.69 Å². The number of anilines is 1. The van der Waals surface area contributed by atoms with Gasteiger partial charge in [0.05, 0.1) is 12.2 Å². The van der Waals surface area contributed by atoms with E-state index in [9.17, 15) is 9.59 Å². The molecule has 4 rings (SSSR count). The van der Waals surface area contributed by atoms with Gasteiger partial charge in [0.1, 0.15) is 17.1 Å². The number of carbonyl (C=O) groups is 2. The highest BCUT2D eigenvalue weighted by Gasteiger charge is 2.37. The minimum atomic E-state index is -1.10. The summed E-state index contributed by atoms with van der Waals surface area (Å²) in [5.41, 5.74) is 2.45. The Labute approximate surface area is 243 Å². The average Bonchev–Trinajstić information content (AvgIpc) is 2.96. The van der Waals surface area contributed by atoms with Crippen LogP contribution in [0.3, 0.4) is 0 Å². The first kappa shape index (κ1) is 29.7. The van der Waals surface area contributed by atoms with Gasteiger partial charge in [-0.1, -0.05) is 87.3 Å². The molecule has 0 N–H and O–H groups in total. The normalized spacial score (nSPS) is 13.2. The van der Waals surface area contributed by atoms with Crippen molar-refractivity contribution < 1.29 is 23.8 Å². The summed E-state index contributed by atoms with van der Waals surface area (Å²) in [5, 5.41) is 0. The molecule has 6 heteroatoms. The number of para-hydroxylation sites is 1.